The molecule has 3 N–H and O–H groups in total. The number of rotatable bonds is 7. The summed E-state index contributed by atoms with van der Waals surface area (Å²) >= 11 is 0. The molecule has 32 heavy (non-hydrogen) atoms. The Morgan fingerprint density at radius 2 is 1.88 bits per heavy atom. The Labute approximate surface area is 191 Å². The number of hydrogen-bond acceptors (Lipinski definition) is 5. The molecule has 0 radical (unpaired) electrons. The highest BCUT2D eigenvalue weighted by Gasteiger charge is 2.37. The number of aromatic hydroxyl groups is 1. The Balaban J connectivity index is 0.00000176. The van der Waals surface area contributed by atoms with Gasteiger partial charge in [-0.15, -0.1) is 0 Å². The first-order chi connectivity index (χ1) is 15.2. The molecule has 0 spiro atoms. The lowest BCUT2D eigenvalue weighted by Gasteiger charge is -2.29. The number of carbonyl (C=O) groups is 3. The molecule has 1 aliphatic heterocycles. The fraction of sp³-hybridized carbons (Fsp3) is 0.640. The predicted molar refractivity (Wildman–Crippen MR) is 124 cm³/mol. The van der Waals surface area contributed by atoms with E-state index in [0.29, 0.717) is 17.5 Å². The van der Waals surface area contributed by atoms with Gasteiger partial charge in [0, 0.05) is 5.56 Å². The molecule has 0 bridgehead atoms. The second kappa shape index (κ2) is 11.5. The molecule has 7 heteroatoms. The van der Waals surface area contributed by atoms with Crippen LogP contribution >= 0.6 is 0 Å². The van der Waals surface area contributed by atoms with Crippen molar-refractivity contribution in [3.8, 4) is 5.75 Å². The summed E-state index contributed by atoms with van der Waals surface area (Å²) in [5, 5.41) is 15.6. The van der Waals surface area contributed by atoms with Crippen LogP contribution in [-0.2, 0) is 14.3 Å². The molecule has 1 aromatic rings. The van der Waals surface area contributed by atoms with Crippen LogP contribution in [0.25, 0.3) is 0 Å². The largest absolute Gasteiger partial charge is 0.508 e. The highest BCUT2D eigenvalue weighted by Crippen LogP contribution is 2.41. The fourth-order valence-corrected chi connectivity index (χ4v) is 4.40. The third kappa shape index (κ3) is 6.55. The van der Waals surface area contributed by atoms with E-state index < -0.39 is 12.1 Å². The zero-order valence-electron chi connectivity index (χ0n) is 20.0. The Kier molecular flexibility index (Phi) is 9.25. The van der Waals surface area contributed by atoms with E-state index in [1.54, 1.807) is 12.1 Å². The molecule has 1 heterocycles. The van der Waals surface area contributed by atoms with Crippen molar-refractivity contribution in [3.63, 3.8) is 0 Å². The lowest BCUT2D eigenvalue weighted by molar-refractivity contribution is -0.127. The molecule has 0 aromatic heterocycles. The van der Waals surface area contributed by atoms with Crippen molar-refractivity contribution in [2.75, 3.05) is 13.2 Å². The van der Waals surface area contributed by atoms with Gasteiger partial charge in [0.1, 0.15) is 24.4 Å². The highest BCUT2D eigenvalue weighted by atomic mass is 16.5. The van der Waals surface area contributed by atoms with Crippen molar-refractivity contribution < 1.29 is 24.2 Å². The maximum Gasteiger partial charge on any atom is 0.251 e. The predicted octanol–water partition coefficient (Wildman–Crippen LogP) is 3.69. The zero-order chi connectivity index (χ0) is 23.9. The van der Waals surface area contributed by atoms with Crippen LogP contribution in [0.4, 0.5) is 0 Å². The number of carbonyl (C=O) groups excluding carboxylic acids is 3. The Morgan fingerprint density at radius 1 is 1.22 bits per heavy atom. The molecule has 7 nitrogen and oxygen atoms in total. The smallest absolute Gasteiger partial charge is 0.251 e. The van der Waals surface area contributed by atoms with Crippen LogP contribution in [0.2, 0.25) is 0 Å². The first-order valence-electron chi connectivity index (χ1n) is 11.7. The molecule has 3 rings (SSSR count). The maximum absolute atomic E-state index is 13.0. The average Bonchev–Trinajstić information content (AvgIpc) is 3.37. The first kappa shape index (κ1) is 25.8. The van der Waals surface area contributed by atoms with Crippen LogP contribution < -0.4 is 10.6 Å². The number of ketones is 1. The summed E-state index contributed by atoms with van der Waals surface area (Å²) in [4.78, 5) is 37.8. The monoisotopic (exact) mass is 446 g/mol. The number of nitrogens with one attached hydrogen (secondary N) is 2. The van der Waals surface area contributed by atoms with Crippen LogP contribution in [-0.4, -0.2) is 48.0 Å². The molecule has 2 aliphatic rings. The summed E-state index contributed by atoms with van der Waals surface area (Å²) in [6, 6.07) is 3.32. The van der Waals surface area contributed by atoms with Gasteiger partial charge in [-0.25, -0.2) is 0 Å². The van der Waals surface area contributed by atoms with E-state index in [9.17, 15) is 19.5 Å². The van der Waals surface area contributed by atoms with Crippen LogP contribution in [0.3, 0.4) is 0 Å². The van der Waals surface area contributed by atoms with Crippen molar-refractivity contribution in [2.24, 2.45) is 5.41 Å². The molecule has 1 aromatic carbocycles. The number of Topliss-reactive ketones (excluding diaryl/α,β-unsaturated/α-hetero) is 1. The Bertz CT molecular complexity index is 815. The second-order valence-corrected chi connectivity index (χ2v) is 9.22. The molecule has 1 saturated carbocycles. The summed E-state index contributed by atoms with van der Waals surface area (Å²) < 4.78 is 5.13. The topological polar surface area (TPSA) is 105 Å². The molecule has 1 saturated heterocycles. The van der Waals surface area contributed by atoms with Crippen molar-refractivity contribution in [3.05, 3.63) is 29.3 Å². The van der Waals surface area contributed by atoms with Gasteiger partial charge in [-0.2, -0.15) is 0 Å². The minimum Gasteiger partial charge on any atom is -0.508 e. The van der Waals surface area contributed by atoms with E-state index in [0.717, 1.165) is 25.7 Å². The second-order valence-electron chi connectivity index (χ2n) is 9.22. The standard InChI is InChI=1S/C23H32N2O5.C2H6/c1-14(2)16-10-15(6-7-19(16)26)21(28)24-17(11-23(3)8-4-5-9-23)22(29)25-18-12-30-13-20(18)27;1-2/h6-7,10,14,17-18,26H,4-5,8-9,11-13H2,1-3H3,(H,24,28)(H,25,29);1-2H3/t17?,18-;/m0./s1. The van der Waals surface area contributed by atoms with Crippen LogP contribution in [0.15, 0.2) is 18.2 Å². The summed E-state index contributed by atoms with van der Waals surface area (Å²) in [7, 11) is 0. The molecule has 1 unspecified atom stereocenters. The van der Waals surface area contributed by atoms with Gasteiger partial charge in [-0.3, -0.25) is 14.4 Å². The van der Waals surface area contributed by atoms with Gasteiger partial charge in [0.2, 0.25) is 5.91 Å². The van der Waals surface area contributed by atoms with Crippen LogP contribution in [0.1, 0.15) is 88.6 Å². The highest BCUT2D eigenvalue weighted by molar-refractivity contribution is 5.99. The lowest BCUT2D eigenvalue weighted by Crippen LogP contribution is -2.52. The maximum atomic E-state index is 13.0. The molecule has 2 amide bonds. The van der Waals surface area contributed by atoms with E-state index >= 15 is 0 Å². The van der Waals surface area contributed by atoms with Gasteiger partial charge in [0.05, 0.1) is 6.61 Å². The van der Waals surface area contributed by atoms with Crippen molar-refractivity contribution in [1.29, 1.82) is 0 Å². The molecule has 178 valence electrons. The van der Waals surface area contributed by atoms with E-state index in [1.165, 1.54) is 6.07 Å². The summed E-state index contributed by atoms with van der Waals surface area (Å²) in [5.74, 6) is -0.673. The number of hydrogen-bond donors (Lipinski definition) is 3. The lowest BCUT2D eigenvalue weighted by atomic mass is 9.81. The number of phenolic OH excluding ortho intramolecular Hbond substituents is 1. The van der Waals surface area contributed by atoms with Gasteiger partial charge >= 0.3 is 0 Å². The third-order valence-corrected chi connectivity index (χ3v) is 6.28. The van der Waals surface area contributed by atoms with Gasteiger partial charge < -0.3 is 20.5 Å². The number of benzene rings is 1. The Morgan fingerprint density at radius 3 is 2.44 bits per heavy atom. The van der Waals surface area contributed by atoms with Crippen molar-refractivity contribution >= 4 is 17.6 Å². The Hall–Kier alpha value is -2.41. The van der Waals surface area contributed by atoms with Gasteiger partial charge in [-0.1, -0.05) is 47.5 Å². The summed E-state index contributed by atoms with van der Waals surface area (Å²) in [5.41, 5.74) is 1.05. The van der Waals surface area contributed by atoms with Gasteiger partial charge in [0.15, 0.2) is 5.78 Å². The third-order valence-electron chi connectivity index (χ3n) is 6.28. The minimum absolute atomic E-state index is 0.00513. The molecular formula is C25H38N2O5. The zero-order valence-corrected chi connectivity index (χ0v) is 20.0. The van der Waals surface area contributed by atoms with Crippen molar-refractivity contribution in [1.82, 2.24) is 10.6 Å². The van der Waals surface area contributed by atoms with Crippen LogP contribution in [0.5, 0.6) is 5.75 Å². The van der Waals surface area contributed by atoms with E-state index in [1.807, 2.05) is 27.7 Å². The van der Waals surface area contributed by atoms with Crippen molar-refractivity contribution in [2.45, 2.75) is 84.7 Å². The molecular weight excluding hydrogens is 408 g/mol. The van der Waals surface area contributed by atoms with Gasteiger partial charge in [0.25, 0.3) is 5.91 Å². The molecule has 1 aliphatic carbocycles. The fourth-order valence-electron chi connectivity index (χ4n) is 4.40. The quantitative estimate of drug-likeness (QED) is 0.592. The summed E-state index contributed by atoms with van der Waals surface area (Å²) in [6.45, 7) is 10.2. The summed E-state index contributed by atoms with van der Waals surface area (Å²) in [6.07, 6.45) is 4.76. The normalized spacial score (nSPS) is 20.4. The molecule has 2 atom stereocenters. The van der Waals surface area contributed by atoms with E-state index in [-0.39, 0.29) is 47.9 Å². The minimum atomic E-state index is -0.745. The number of phenols is 1. The number of amides is 2. The van der Waals surface area contributed by atoms with Gasteiger partial charge in [-0.05, 0) is 54.4 Å². The SMILES string of the molecule is CC.CC(C)c1cc(C(=O)NC(CC2(C)CCCC2)C(=O)N[C@H]2COCC2=O)ccc1O. The van der Waals surface area contributed by atoms with E-state index in [4.69, 9.17) is 4.74 Å². The molecule has 2 fully saturated rings. The van der Waals surface area contributed by atoms with Crippen LogP contribution in [0, 0.1) is 5.41 Å². The van der Waals surface area contributed by atoms with E-state index in [2.05, 4.69) is 17.6 Å². The first-order valence-corrected chi connectivity index (χ1v) is 11.7. The number of ether oxygens (including phenoxy) is 1. The average molecular weight is 447 g/mol.